The van der Waals surface area contributed by atoms with Crippen molar-refractivity contribution in [1.29, 1.82) is 0 Å². The van der Waals surface area contributed by atoms with Crippen LogP contribution in [0.4, 0.5) is 0 Å². The van der Waals surface area contributed by atoms with Gasteiger partial charge >= 0.3 is 0 Å². The summed E-state index contributed by atoms with van der Waals surface area (Å²) in [6.07, 6.45) is 1.56. The quantitative estimate of drug-likeness (QED) is 0.634. The van der Waals surface area contributed by atoms with Crippen LogP contribution in [0.15, 0.2) is 30.5 Å². The summed E-state index contributed by atoms with van der Waals surface area (Å²) in [6, 6.07) is 6.97. The van der Waals surface area contributed by atoms with Gasteiger partial charge in [-0.05, 0) is 36.5 Å². The molecule has 0 aliphatic heterocycles. The predicted molar refractivity (Wildman–Crippen MR) is 81.3 cm³/mol. The smallest absolute Gasteiger partial charge is 0.184 e. The van der Waals surface area contributed by atoms with E-state index in [0.717, 1.165) is 11.2 Å². The van der Waals surface area contributed by atoms with Crippen molar-refractivity contribution in [2.45, 2.75) is 0 Å². The summed E-state index contributed by atoms with van der Waals surface area (Å²) in [5.41, 5.74) is 2.19. The van der Waals surface area contributed by atoms with Crippen molar-refractivity contribution in [3.05, 3.63) is 50.3 Å². The largest absolute Gasteiger partial charge is 0.329 e. The van der Waals surface area contributed by atoms with Gasteiger partial charge in [-0.3, -0.25) is 4.57 Å². The zero-order chi connectivity index (χ0) is 13.6. The third kappa shape index (κ3) is 2.37. The van der Waals surface area contributed by atoms with Crippen LogP contribution in [0.25, 0.3) is 16.9 Å². The minimum Gasteiger partial charge on any atom is -0.329 e. The number of nitrogens with zero attached hydrogens (tertiary/aromatic N) is 2. The third-order valence-electron chi connectivity index (χ3n) is 2.60. The van der Waals surface area contributed by atoms with Gasteiger partial charge in [-0.25, -0.2) is 4.98 Å². The lowest BCUT2D eigenvalue weighted by Crippen LogP contribution is -1.95. The molecule has 0 fully saturated rings. The maximum absolute atomic E-state index is 6.01. The molecule has 3 rings (SSSR count). The summed E-state index contributed by atoms with van der Waals surface area (Å²) >= 11 is 23.2. The van der Waals surface area contributed by atoms with Crippen molar-refractivity contribution >= 4 is 58.2 Å². The average molecular weight is 331 g/mol. The maximum atomic E-state index is 6.01. The van der Waals surface area contributed by atoms with E-state index >= 15 is 0 Å². The van der Waals surface area contributed by atoms with E-state index in [9.17, 15) is 0 Å². The third-order valence-corrected chi connectivity index (χ3v) is 3.52. The van der Waals surface area contributed by atoms with Crippen molar-refractivity contribution < 1.29 is 0 Å². The number of pyridine rings is 1. The van der Waals surface area contributed by atoms with Crippen LogP contribution >= 0.6 is 47.0 Å². The molecule has 0 amide bonds. The van der Waals surface area contributed by atoms with E-state index in [0.29, 0.717) is 25.5 Å². The Bertz CT molecular complexity index is 818. The Morgan fingerprint density at radius 1 is 1.00 bits per heavy atom. The van der Waals surface area contributed by atoms with Crippen LogP contribution in [0.1, 0.15) is 0 Å². The van der Waals surface area contributed by atoms with Gasteiger partial charge in [0.25, 0.3) is 0 Å². The van der Waals surface area contributed by atoms with Gasteiger partial charge in [-0.2, -0.15) is 0 Å². The van der Waals surface area contributed by atoms with Crippen LogP contribution in [-0.2, 0) is 0 Å². The Morgan fingerprint density at radius 2 is 1.68 bits per heavy atom. The number of hydrogen-bond acceptors (Lipinski definition) is 2. The van der Waals surface area contributed by atoms with Crippen molar-refractivity contribution in [3.63, 3.8) is 0 Å². The number of nitrogens with one attached hydrogen (secondary N) is 1. The van der Waals surface area contributed by atoms with Crippen molar-refractivity contribution in [2.75, 3.05) is 0 Å². The monoisotopic (exact) mass is 329 g/mol. The lowest BCUT2D eigenvalue weighted by molar-refractivity contribution is 1.04. The first kappa shape index (κ1) is 12.9. The van der Waals surface area contributed by atoms with Gasteiger partial charge in [0.05, 0.1) is 16.2 Å². The number of benzene rings is 1. The van der Waals surface area contributed by atoms with Crippen LogP contribution in [-0.4, -0.2) is 14.5 Å². The molecular weight excluding hydrogens is 325 g/mol. The van der Waals surface area contributed by atoms with Crippen molar-refractivity contribution in [3.8, 4) is 5.69 Å². The SMILES string of the molecule is S=c1[nH]c2cc(Cl)cnc2n1-c1cc(Cl)cc(Cl)c1. The standard InChI is InChI=1S/C12H6Cl3N3S/c13-6-1-7(14)3-9(2-6)18-11-10(17-12(18)19)4-8(15)5-16-11/h1-5H,(H,17,19). The van der Waals surface area contributed by atoms with E-state index in [1.54, 1.807) is 35.0 Å². The van der Waals surface area contributed by atoms with Gasteiger partial charge in [0.1, 0.15) is 0 Å². The zero-order valence-corrected chi connectivity index (χ0v) is 12.4. The molecule has 3 nitrogen and oxygen atoms in total. The summed E-state index contributed by atoms with van der Waals surface area (Å²) in [6.45, 7) is 0. The van der Waals surface area contributed by atoms with E-state index < -0.39 is 0 Å². The lowest BCUT2D eigenvalue weighted by Gasteiger charge is -2.05. The molecule has 0 aliphatic rings. The first-order valence-corrected chi connectivity index (χ1v) is 6.81. The molecule has 7 heteroatoms. The van der Waals surface area contributed by atoms with Crippen LogP contribution in [0.3, 0.4) is 0 Å². The molecule has 1 aromatic carbocycles. The van der Waals surface area contributed by atoms with Gasteiger partial charge in [0, 0.05) is 16.2 Å². The Balaban J connectivity index is 2.36. The number of fused-ring (bicyclic) bond motifs is 1. The van der Waals surface area contributed by atoms with E-state index in [-0.39, 0.29) is 0 Å². The highest BCUT2D eigenvalue weighted by molar-refractivity contribution is 7.71. The summed E-state index contributed by atoms with van der Waals surface area (Å²) in [7, 11) is 0. The Labute approximate surface area is 128 Å². The molecule has 0 radical (unpaired) electrons. The molecule has 0 atom stereocenters. The van der Waals surface area contributed by atoms with Crippen molar-refractivity contribution in [1.82, 2.24) is 14.5 Å². The van der Waals surface area contributed by atoms with Crippen LogP contribution < -0.4 is 0 Å². The average Bonchev–Trinajstić information content (AvgIpc) is 2.62. The van der Waals surface area contributed by atoms with E-state index in [2.05, 4.69) is 9.97 Å². The van der Waals surface area contributed by atoms with Crippen molar-refractivity contribution in [2.24, 2.45) is 0 Å². The Kier molecular flexibility index (Phi) is 3.27. The first-order chi connectivity index (χ1) is 9.04. The molecule has 1 N–H and O–H groups in total. The molecule has 0 saturated heterocycles. The number of halogens is 3. The topological polar surface area (TPSA) is 33.6 Å². The highest BCUT2D eigenvalue weighted by Crippen LogP contribution is 2.25. The molecule has 0 aliphatic carbocycles. The molecule has 0 spiro atoms. The van der Waals surface area contributed by atoms with Gasteiger partial charge in [0.15, 0.2) is 10.4 Å². The number of aromatic nitrogens is 3. The van der Waals surface area contributed by atoms with Gasteiger partial charge in [-0.15, -0.1) is 0 Å². The summed E-state index contributed by atoms with van der Waals surface area (Å²) < 4.78 is 2.27. The summed E-state index contributed by atoms with van der Waals surface area (Å²) in [4.78, 5) is 7.33. The molecule has 2 heterocycles. The molecule has 3 aromatic rings. The first-order valence-electron chi connectivity index (χ1n) is 5.27. The van der Waals surface area contributed by atoms with Crippen LogP contribution in [0.5, 0.6) is 0 Å². The summed E-state index contributed by atoms with van der Waals surface area (Å²) in [5, 5.41) is 1.61. The molecule has 0 unspecified atom stereocenters. The molecule has 0 saturated carbocycles. The fraction of sp³-hybridized carbons (Fsp3) is 0. The molecular formula is C12H6Cl3N3S. The number of H-pyrrole nitrogens is 1. The van der Waals surface area contributed by atoms with Crippen LogP contribution in [0, 0.1) is 4.77 Å². The molecule has 0 bridgehead atoms. The van der Waals surface area contributed by atoms with E-state index in [4.69, 9.17) is 47.0 Å². The maximum Gasteiger partial charge on any atom is 0.184 e. The predicted octanol–water partition coefficient (Wildman–Crippen LogP) is 5.04. The minimum absolute atomic E-state index is 0.503. The number of rotatable bonds is 1. The Hall–Kier alpha value is -1.07. The second-order valence-corrected chi connectivity index (χ2v) is 5.61. The highest BCUT2D eigenvalue weighted by Gasteiger charge is 2.09. The van der Waals surface area contributed by atoms with E-state index in [1.807, 2.05) is 0 Å². The Morgan fingerprint density at radius 3 is 2.37 bits per heavy atom. The molecule has 2 aromatic heterocycles. The minimum atomic E-state index is 0.503. The second-order valence-electron chi connectivity index (χ2n) is 3.92. The number of aromatic amines is 1. The summed E-state index contributed by atoms with van der Waals surface area (Å²) in [5.74, 6) is 0. The highest BCUT2D eigenvalue weighted by atomic mass is 35.5. The van der Waals surface area contributed by atoms with E-state index in [1.165, 1.54) is 0 Å². The number of hydrogen-bond donors (Lipinski definition) is 1. The molecule has 96 valence electrons. The zero-order valence-electron chi connectivity index (χ0n) is 9.32. The normalized spacial score (nSPS) is 11.1. The lowest BCUT2D eigenvalue weighted by atomic mass is 10.3. The van der Waals surface area contributed by atoms with Gasteiger partial charge in [-0.1, -0.05) is 34.8 Å². The fourth-order valence-corrected chi connectivity index (χ4v) is 2.85. The fourth-order valence-electron chi connectivity index (χ4n) is 1.88. The van der Waals surface area contributed by atoms with Crippen LogP contribution in [0.2, 0.25) is 15.1 Å². The second kappa shape index (κ2) is 4.80. The molecule has 19 heavy (non-hydrogen) atoms. The van der Waals surface area contributed by atoms with Gasteiger partial charge < -0.3 is 4.98 Å². The number of imidazole rings is 1. The van der Waals surface area contributed by atoms with Gasteiger partial charge in [0.2, 0.25) is 0 Å².